The van der Waals surface area contributed by atoms with Gasteiger partial charge in [-0.05, 0) is 24.6 Å². The van der Waals surface area contributed by atoms with E-state index in [0.717, 1.165) is 12.1 Å². The van der Waals surface area contributed by atoms with E-state index in [1.54, 1.807) is 12.1 Å². The normalized spacial score (nSPS) is 26.1. The van der Waals surface area contributed by atoms with Gasteiger partial charge in [0.1, 0.15) is 0 Å². The summed E-state index contributed by atoms with van der Waals surface area (Å²) in [7, 11) is -3.07. The van der Waals surface area contributed by atoms with Gasteiger partial charge in [0, 0.05) is 12.8 Å². The van der Waals surface area contributed by atoms with Crippen LogP contribution in [0.2, 0.25) is 0 Å². The van der Waals surface area contributed by atoms with E-state index in [1.165, 1.54) is 6.26 Å². The summed E-state index contributed by atoms with van der Waals surface area (Å²) in [5.74, 6) is 0. The molecule has 14 heavy (non-hydrogen) atoms. The van der Waals surface area contributed by atoms with Crippen molar-refractivity contribution in [1.82, 2.24) is 5.32 Å². The summed E-state index contributed by atoms with van der Waals surface area (Å²) in [5.41, 5.74) is 1.21. The van der Waals surface area contributed by atoms with Crippen LogP contribution in [0, 0.1) is 0 Å². The SMILES string of the molecule is CC1(c2ccc(S(C)(=O)=O)cc2)CN1. The highest BCUT2D eigenvalue weighted by atomic mass is 32.2. The summed E-state index contributed by atoms with van der Waals surface area (Å²) >= 11 is 0. The van der Waals surface area contributed by atoms with Gasteiger partial charge >= 0.3 is 0 Å². The first kappa shape index (κ1) is 9.68. The molecule has 1 N–H and O–H groups in total. The zero-order valence-electron chi connectivity index (χ0n) is 8.24. The maximum atomic E-state index is 11.2. The molecule has 0 aliphatic carbocycles. The van der Waals surface area contributed by atoms with Crippen molar-refractivity contribution >= 4 is 9.84 Å². The van der Waals surface area contributed by atoms with E-state index in [9.17, 15) is 8.42 Å². The van der Waals surface area contributed by atoms with Gasteiger partial charge in [0.15, 0.2) is 9.84 Å². The van der Waals surface area contributed by atoms with Gasteiger partial charge in [0.25, 0.3) is 0 Å². The molecule has 2 rings (SSSR count). The molecule has 0 amide bonds. The largest absolute Gasteiger partial charge is 0.304 e. The summed E-state index contributed by atoms with van der Waals surface area (Å²) in [6.07, 6.45) is 1.22. The Morgan fingerprint density at radius 2 is 1.79 bits per heavy atom. The average molecular weight is 211 g/mol. The standard InChI is InChI=1S/C10H13NO2S/c1-10(7-11-10)8-3-5-9(6-4-8)14(2,12)13/h3-6,11H,7H2,1-2H3. The Morgan fingerprint density at radius 1 is 1.29 bits per heavy atom. The van der Waals surface area contributed by atoms with Crippen LogP contribution in [0.1, 0.15) is 12.5 Å². The molecule has 1 aliphatic rings. The molecule has 0 saturated carbocycles. The quantitative estimate of drug-likeness (QED) is 0.740. The van der Waals surface area contributed by atoms with E-state index in [4.69, 9.17) is 0 Å². The van der Waals surface area contributed by atoms with Crippen LogP contribution >= 0.6 is 0 Å². The highest BCUT2D eigenvalue weighted by Gasteiger charge is 2.38. The molecule has 1 heterocycles. The van der Waals surface area contributed by atoms with E-state index in [1.807, 2.05) is 12.1 Å². The Balaban J connectivity index is 2.36. The fourth-order valence-electron chi connectivity index (χ4n) is 1.41. The topological polar surface area (TPSA) is 56.1 Å². The van der Waals surface area contributed by atoms with Crippen molar-refractivity contribution in [3.8, 4) is 0 Å². The first-order chi connectivity index (χ1) is 6.42. The van der Waals surface area contributed by atoms with E-state index < -0.39 is 9.84 Å². The lowest BCUT2D eigenvalue weighted by molar-refractivity contribution is 0.601. The molecule has 1 atom stereocenters. The zero-order valence-corrected chi connectivity index (χ0v) is 9.06. The van der Waals surface area contributed by atoms with Gasteiger partial charge in [-0.3, -0.25) is 0 Å². The molecule has 0 bridgehead atoms. The average Bonchev–Trinajstić information content (AvgIpc) is 2.84. The van der Waals surface area contributed by atoms with Gasteiger partial charge in [-0.15, -0.1) is 0 Å². The minimum Gasteiger partial charge on any atom is -0.304 e. The maximum Gasteiger partial charge on any atom is 0.175 e. The minimum absolute atomic E-state index is 0.0655. The minimum atomic E-state index is -3.07. The second-order valence-electron chi connectivity index (χ2n) is 3.98. The summed E-state index contributed by atoms with van der Waals surface area (Å²) in [5, 5.41) is 3.24. The lowest BCUT2D eigenvalue weighted by atomic mass is 10.0. The monoisotopic (exact) mass is 211 g/mol. The van der Waals surface area contributed by atoms with Gasteiger partial charge < -0.3 is 5.32 Å². The number of rotatable bonds is 2. The van der Waals surface area contributed by atoms with Crippen LogP contribution in [-0.2, 0) is 15.4 Å². The Morgan fingerprint density at radius 3 is 2.14 bits per heavy atom. The smallest absolute Gasteiger partial charge is 0.175 e. The lowest BCUT2D eigenvalue weighted by Crippen LogP contribution is -2.07. The van der Waals surface area contributed by atoms with E-state index >= 15 is 0 Å². The molecular formula is C10H13NO2S. The second kappa shape index (κ2) is 2.81. The molecule has 1 aliphatic heterocycles. The van der Waals surface area contributed by atoms with Crippen LogP contribution in [0.3, 0.4) is 0 Å². The van der Waals surface area contributed by atoms with Gasteiger partial charge in [0.05, 0.1) is 10.4 Å². The van der Waals surface area contributed by atoms with Gasteiger partial charge in [-0.25, -0.2) is 8.42 Å². The molecule has 4 heteroatoms. The fraction of sp³-hybridized carbons (Fsp3) is 0.400. The molecule has 1 aromatic carbocycles. The third-order valence-corrected chi connectivity index (χ3v) is 3.76. The molecule has 3 nitrogen and oxygen atoms in total. The van der Waals surface area contributed by atoms with Crippen molar-refractivity contribution in [1.29, 1.82) is 0 Å². The Kier molecular flexibility index (Phi) is 1.94. The number of hydrogen-bond donors (Lipinski definition) is 1. The van der Waals surface area contributed by atoms with E-state index in [0.29, 0.717) is 4.90 Å². The molecule has 1 saturated heterocycles. The van der Waals surface area contributed by atoms with Crippen molar-refractivity contribution in [3.05, 3.63) is 29.8 Å². The summed E-state index contributed by atoms with van der Waals surface area (Å²) < 4.78 is 22.4. The number of hydrogen-bond acceptors (Lipinski definition) is 3. The lowest BCUT2D eigenvalue weighted by Gasteiger charge is -2.07. The van der Waals surface area contributed by atoms with Gasteiger partial charge in [0.2, 0.25) is 0 Å². The highest BCUT2D eigenvalue weighted by Crippen LogP contribution is 2.30. The van der Waals surface area contributed by atoms with Gasteiger partial charge in [-0.2, -0.15) is 0 Å². The predicted molar refractivity (Wildman–Crippen MR) is 54.9 cm³/mol. The maximum absolute atomic E-state index is 11.2. The predicted octanol–water partition coefficient (Wildman–Crippen LogP) is 0.909. The first-order valence-corrected chi connectivity index (χ1v) is 6.37. The molecule has 76 valence electrons. The van der Waals surface area contributed by atoms with Crippen LogP contribution in [-0.4, -0.2) is 21.2 Å². The summed E-state index contributed by atoms with van der Waals surface area (Å²) in [6, 6.07) is 7.07. The van der Waals surface area contributed by atoms with Crippen molar-refractivity contribution in [2.45, 2.75) is 17.4 Å². The number of nitrogens with one attached hydrogen (secondary N) is 1. The Labute approximate surface area is 84.1 Å². The van der Waals surface area contributed by atoms with Crippen molar-refractivity contribution in [2.75, 3.05) is 12.8 Å². The molecule has 0 aromatic heterocycles. The third-order valence-electron chi connectivity index (χ3n) is 2.63. The third kappa shape index (κ3) is 1.67. The van der Waals surface area contributed by atoms with E-state index in [2.05, 4.69) is 12.2 Å². The molecule has 0 radical (unpaired) electrons. The molecule has 0 spiro atoms. The van der Waals surface area contributed by atoms with Crippen molar-refractivity contribution in [2.24, 2.45) is 0 Å². The van der Waals surface area contributed by atoms with Crippen molar-refractivity contribution in [3.63, 3.8) is 0 Å². The van der Waals surface area contributed by atoms with E-state index in [-0.39, 0.29) is 5.54 Å². The van der Waals surface area contributed by atoms with Crippen LogP contribution in [0.4, 0.5) is 0 Å². The Hall–Kier alpha value is -0.870. The van der Waals surface area contributed by atoms with Crippen LogP contribution in [0.15, 0.2) is 29.2 Å². The van der Waals surface area contributed by atoms with Crippen molar-refractivity contribution < 1.29 is 8.42 Å². The molecule has 1 fully saturated rings. The highest BCUT2D eigenvalue weighted by molar-refractivity contribution is 7.90. The van der Waals surface area contributed by atoms with Crippen LogP contribution in [0.5, 0.6) is 0 Å². The van der Waals surface area contributed by atoms with Gasteiger partial charge in [-0.1, -0.05) is 12.1 Å². The molecular weight excluding hydrogens is 198 g/mol. The summed E-state index contributed by atoms with van der Waals surface area (Å²) in [6.45, 7) is 3.06. The van der Waals surface area contributed by atoms with Crippen LogP contribution in [0.25, 0.3) is 0 Å². The molecule has 1 aromatic rings. The Bertz CT molecular complexity index is 444. The van der Waals surface area contributed by atoms with Crippen LogP contribution < -0.4 is 5.32 Å². The summed E-state index contributed by atoms with van der Waals surface area (Å²) in [4.78, 5) is 0.380. The fourth-order valence-corrected chi connectivity index (χ4v) is 2.04. The number of benzene rings is 1. The zero-order chi connectivity index (χ0) is 10.4. The first-order valence-electron chi connectivity index (χ1n) is 4.47. The second-order valence-corrected chi connectivity index (χ2v) is 6.00. The number of sulfone groups is 1. The molecule has 1 unspecified atom stereocenters.